The molecule has 1 atom stereocenters. The molecule has 4 rings (SSSR count). The van der Waals surface area contributed by atoms with E-state index >= 15 is 0 Å². The zero-order chi connectivity index (χ0) is 21.8. The van der Waals surface area contributed by atoms with Crippen LogP contribution in [-0.4, -0.2) is 57.9 Å². The van der Waals surface area contributed by atoms with E-state index in [1.807, 2.05) is 30.1 Å². The van der Waals surface area contributed by atoms with Gasteiger partial charge in [0.2, 0.25) is 0 Å². The molecule has 1 saturated heterocycles. The number of benzene rings is 1. The number of carbonyl (C=O) groups excluding carboxylic acids is 1. The lowest BCUT2D eigenvalue weighted by Gasteiger charge is -2.41. The Morgan fingerprint density at radius 3 is 2.52 bits per heavy atom. The van der Waals surface area contributed by atoms with Gasteiger partial charge in [0.1, 0.15) is 0 Å². The zero-order valence-corrected chi connectivity index (χ0v) is 18.3. The van der Waals surface area contributed by atoms with E-state index in [0.29, 0.717) is 19.6 Å². The van der Waals surface area contributed by atoms with Gasteiger partial charge in [-0.05, 0) is 35.7 Å². The molecule has 7 nitrogen and oxygen atoms in total. The van der Waals surface area contributed by atoms with Crippen LogP contribution in [0.15, 0.2) is 55.0 Å². The van der Waals surface area contributed by atoms with Crippen LogP contribution < -0.4 is 5.32 Å². The van der Waals surface area contributed by atoms with Crippen molar-refractivity contribution >= 4 is 5.91 Å². The molecule has 162 valence electrons. The number of hydrogen-bond acceptors (Lipinski definition) is 5. The average Bonchev–Trinajstić information content (AvgIpc) is 3.12. The molecule has 0 bridgehead atoms. The van der Waals surface area contributed by atoms with Gasteiger partial charge in [-0.1, -0.05) is 24.3 Å². The minimum Gasteiger partial charge on any atom is -0.362 e. The SMILES string of the molecule is CNC(=O)[C@]1(Cc2ccc(-c3ccncc3)cc2)CN(Cc2cnn(C)c2C)CCO1. The van der Waals surface area contributed by atoms with E-state index < -0.39 is 5.60 Å². The predicted molar refractivity (Wildman–Crippen MR) is 119 cm³/mol. The lowest BCUT2D eigenvalue weighted by Crippen LogP contribution is -2.60. The highest BCUT2D eigenvalue weighted by Crippen LogP contribution is 2.27. The summed E-state index contributed by atoms with van der Waals surface area (Å²) >= 11 is 0. The highest BCUT2D eigenvalue weighted by molar-refractivity contribution is 5.86. The molecule has 1 fully saturated rings. The summed E-state index contributed by atoms with van der Waals surface area (Å²) in [4.78, 5) is 19.3. The molecule has 0 spiro atoms. The topological polar surface area (TPSA) is 72.3 Å². The molecule has 1 amide bonds. The molecule has 1 aliphatic rings. The maximum absolute atomic E-state index is 13.0. The summed E-state index contributed by atoms with van der Waals surface area (Å²) in [5.41, 5.74) is 4.72. The second kappa shape index (κ2) is 8.99. The largest absolute Gasteiger partial charge is 0.362 e. The maximum Gasteiger partial charge on any atom is 0.253 e. The Labute approximate surface area is 183 Å². The highest BCUT2D eigenvalue weighted by atomic mass is 16.5. The summed E-state index contributed by atoms with van der Waals surface area (Å²) in [5.74, 6) is -0.0849. The number of amides is 1. The van der Waals surface area contributed by atoms with Gasteiger partial charge in [-0.3, -0.25) is 19.4 Å². The molecule has 3 heterocycles. The molecule has 0 saturated carbocycles. The lowest BCUT2D eigenvalue weighted by molar-refractivity contribution is -0.160. The summed E-state index contributed by atoms with van der Waals surface area (Å²) in [5, 5.41) is 7.16. The van der Waals surface area contributed by atoms with Crippen molar-refractivity contribution in [3.05, 3.63) is 71.8 Å². The Morgan fingerprint density at radius 1 is 1.16 bits per heavy atom. The number of aromatic nitrogens is 3. The van der Waals surface area contributed by atoms with E-state index in [2.05, 4.69) is 51.5 Å². The smallest absolute Gasteiger partial charge is 0.253 e. The lowest BCUT2D eigenvalue weighted by atomic mass is 9.90. The molecular weight excluding hydrogens is 390 g/mol. The monoisotopic (exact) mass is 419 g/mol. The standard InChI is InChI=1S/C24H29N5O2/c1-18-22(15-27-28(18)3)16-29-12-13-31-24(17-29,23(30)25-2)14-19-4-6-20(7-5-19)21-8-10-26-11-9-21/h4-11,15H,12-14,16-17H2,1-3H3,(H,25,30)/t24-/m0/s1. The molecule has 1 aliphatic heterocycles. The fourth-order valence-electron chi connectivity index (χ4n) is 4.17. The molecule has 0 radical (unpaired) electrons. The molecule has 3 aromatic rings. The molecule has 2 aromatic heterocycles. The first-order valence-electron chi connectivity index (χ1n) is 10.6. The number of ether oxygens (including phenoxy) is 1. The van der Waals surface area contributed by atoms with Crippen molar-refractivity contribution in [3.8, 4) is 11.1 Å². The van der Waals surface area contributed by atoms with Crippen LogP contribution in [0, 0.1) is 6.92 Å². The third-order valence-electron chi connectivity index (χ3n) is 6.09. The Hall–Kier alpha value is -3.03. The van der Waals surface area contributed by atoms with Crippen LogP contribution >= 0.6 is 0 Å². The van der Waals surface area contributed by atoms with Crippen molar-refractivity contribution in [2.45, 2.75) is 25.5 Å². The third-order valence-corrected chi connectivity index (χ3v) is 6.09. The zero-order valence-electron chi connectivity index (χ0n) is 18.3. The van der Waals surface area contributed by atoms with E-state index in [4.69, 9.17) is 4.74 Å². The number of nitrogens with one attached hydrogen (secondary N) is 1. The van der Waals surface area contributed by atoms with E-state index in [0.717, 1.165) is 35.5 Å². The van der Waals surface area contributed by atoms with Gasteiger partial charge in [0.15, 0.2) is 5.60 Å². The van der Waals surface area contributed by atoms with Crippen molar-refractivity contribution in [3.63, 3.8) is 0 Å². The molecule has 1 N–H and O–H groups in total. The molecule has 31 heavy (non-hydrogen) atoms. The normalized spacial score (nSPS) is 19.3. The minimum atomic E-state index is -0.915. The second-order valence-electron chi connectivity index (χ2n) is 8.12. The van der Waals surface area contributed by atoms with Crippen LogP contribution in [0.1, 0.15) is 16.8 Å². The van der Waals surface area contributed by atoms with Gasteiger partial charge >= 0.3 is 0 Å². The summed E-state index contributed by atoms with van der Waals surface area (Å²) in [7, 11) is 3.62. The number of likely N-dealkylation sites (N-methyl/N-ethyl adjacent to an activating group) is 1. The van der Waals surface area contributed by atoms with Crippen molar-refractivity contribution in [1.82, 2.24) is 25.0 Å². The Kier molecular flexibility index (Phi) is 6.15. The number of hydrogen-bond donors (Lipinski definition) is 1. The van der Waals surface area contributed by atoms with Crippen molar-refractivity contribution < 1.29 is 9.53 Å². The van der Waals surface area contributed by atoms with Gasteiger partial charge in [0, 0.05) is 63.8 Å². The molecule has 7 heteroatoms. The van der Waals surface area contributed by atoms with Gasteiger partial charge in [0.05, 0.1) is 12.8 Å². The fourth-order valence-corrected chi connectivity index (χ4v) is 4.17. The quantitative estimate of drug-likeness (QED) is 0.664. The van der Waals surface area contributed by atoms with Crippen LogP contribution in [0.25, 0.3) is 11.1 Å². The minimum absolute atomic E-state index is 0.0849. The third kappa shape index (κ3) is 4.52. The Bertz CT molecular complexity index is 1030. The number of nitrogens with zero attached hydrogens (tertiary/aromatic N) is 4. The van der Waals surface area contributed by atoms with Crippen LogP contribution in [-0.2, 0) is 29.5 Å². The molecule has 1 aromatic carbocycles. The van der Waals surface area contributed by atoms with Gasteiger partial charge in [-0.2, -0.15) is 5.10 Å². The molecule has 0 unspecified atom stereocenters. The first kappa shape index (κ1) is 21.2. The van der Waals surface area contributed by atoms with Crippen molar-refractivity contribution in [2.24, 2.45) is 7.05 Å². The van der Waals surface area contributed by atoms with Crippen LogP contribution in [0.5, 0.6) is 0 Å². The first-order chi connectivity index (χ1) is 15.0. The number of carbonyl (C=O) groups is 1. The number of morpholine rings is 1. The Balaban J connectivity index is 1.53. The van der Waals surface area contributed by atoms with Gasteiger partial charge in [0.25, 0.3) is 5.91 Å². The molecular formula is C24H29N5O2. The molecule has 0 aliphatic carbocycles. The highest BCUT2D eigenvalue weighted by Gasteiger charge is 2.43. The summed E-state index contributed by atoms with van der Waals surface area (Å²) < 4.78 is 8.04. The van der Waals surface area contributed by atoms with E-state index in [-0.39, 0.29) is 5.91 Å². The average molecular weight is 420 g/mol. The summed E-state index contributed by atoms with van der Waals surface area (Å²) in [6.07, 6.45) is 6.01. The summed E-state index contributed by atoms with van der Waals surface area (Å²) in [6.45, 7) is 4.66. The fraction of sp³-hybridized carbons (Fsp3) is 0.375. The summed E-state index contributed by atoms with van der Waals surface area (Å²) in [6, 6.07) is 12.3. The Morgan fingerprint density at radius 2 is 1.87 bits per heavy atom. The van der Waals surface area contributed by atoms with E-state index in [1.54, 1.807) is 19.4 Å². The van der Waals surface area contributed by atoms with Crippen LogP contribution in [0.3, 0.4) is 0 Å². The van der Waals surface area contributed by atoms with Gasteiger partial charge in [-0.25, -0.2) is 0 Å². The van der Waals surface area contributed by atoms with Crippen LogP contribution in [0.4, 0.5) is 0 Å². The van der Waals surface area contributed by atoms with Gasteiger partial charge in [-0.15, -0.1) is 0 Å². The second-order valence-corrected chi connectivity index (χ2v) is 8.12. The van der Waals surface area contributed by atoms with Crippen LogP contribution in [0.2, 0.25) is 0 Å². The number of aryl methyl sites for hydroxylation is 1. The predicted octanol–water partition coefficient (Wildman–Crippen LogP) is 2.35. The van der Waals surface area contributed by atoms with Crippen molar-refractivity contribution in [1.29, 1.82) is 0 Å². The van der Waals surface area contributed by atoms with Gasteiger partial charge < -0.3 is 10.1 Å². The van der Waals surface area contributed by atoms with E-state index in [9.17, 15) is 4.79 Å². The van der Waals surface area contributed by atoms with Crippen molar-refractivity contribution in [2.75, 3.05) is 26.7 Å². The number of rotatable bonds is 6. The number of pyridine rings is 1. The maximum atomic E-state index is 13.0. The van der Waals surface area contributed by atoms with E-state index in [1.165, 1.54) is 5.56 Å². The first-order valence-corrected chi connectivity index (χ1v) is 10.6.